The van der Waals surface area contributed by atoms with E-state index in [0.717, 1.165) is 0 Å². The SMILES string of the molecule is CO[C@]12CC#C/C=C\C#C[C@@H](O)[C@@H]1N(CCN)C2=O. The van der Waals surface area contributed by atoms with E-state index in [2.05, 4.69) is 23.7 Å². The van der Waals surface area contributed by atoms with Crippen molar-refractivity contribution in [2.24, 2.45) is 5.73 Å². The third kappa shape index (κ3) is 2.13. The Balaban J connectivity index is 2.38. The highest BCUT2D eigenvalue weighted by atomic mass is 16.5. The lowest BCUT2D eigenvalue weighted by Gasteiger charge is -2.55. The Bertz CT molecular complexity index is 520. The van der Waals surface area contributed by atoms with Gasteiger partial charge < -0.3 is 20.5 Å². The number of hydrogen-bond donors (Lipinski definition) is 2. The monoisotopic (exact) mass is 260 g/mol. The summed E-state index contributed by atoms with van der Waals surface area (Å²) in [5.41, 5.74) is 4.38. The minimum atomic E-state index is -1.11. The van der Waals surface area contributed by atoms with E-state index in [0.29, 0.717) is 13.1 Å². The molecule has 1 aliphatic carbocycles. The van der Waals surface area contributed by atoms with Gasteiger partial charge in [-0.25, -0.2) is 0 Å². The summed E-state index contributed by atoms with van der Waals surface area (Å²) >= 11 is 0. The molecular formula is C14H16N2O3. The van der Waals surface area contributed by atoms with Crippen LogP contribution in [0, 0.1) is 23.7 Å². The van der Waals surface area contributed by atoms with Gasteiger partial charge in [-0.2, -0.15) is 0 Å². The Morgan fingerprint density at radius 1 is 1.58 bits per heavy atom. The van der Waals surface area contributed by atoms with Crippen LogP contribution in [0.5, 0.6) is 0 Å². The van der Waals surface area contributed by atoms with Gasteiger partial charge in [0.25, 0.3) is 5.91 Å². The molecule has 19 heavy (non-hydrogen) atoms. The number of likely N-dealkylation sites (tertiary alicyclic amines) is 1. The predicted molar refractivity (Wildman–Crippen MR) is 69.6 cm³/mol. The average Bonchev–Trinajstić information content (AvgIpc) is 2.42. The van der Waals surface area contributed by atoms with Crippen molar-refractivity contribution in [3.8, 4) is 23.7 Å². The molecule has 1 saturated heterocycles. The van der Waals surface area contributed by atoms with Crippen molar-refractivity contribution < 1.29 is 14.6 Å². The van der Waals surface area contributed by atoms with E-state index in [1.54, 1.807) is 12.2 Å². The summed E-state index contributed by atoms with van der Waals surface area (Å²) in [7, 11) is 1.45. The normalized spacial score (nSPS) is 34.1. The molecule has 0 unspecified atom stereocenters. The maximum absolute atomic E-state index is 12.2. The standard InChI is InChI=1S/C14H16N2O3/c1-19-14-8-6-4-2-3-5-7-11(17)12(14)16(10-9-15)13(14)18/h2-3,11-12,17H,8-10,15H2,1H3/b3-2-/t11-,12+,14-/m1/s1. The van der Waals surface area contributed by atoms with Gasteiger partial charge in [-0.3, -0.25) is 4.79 Å². The Hall–Kier alpha value is -1.79. The van der Waals surface area contributed by atoms with Gasteiger partial charge in [-0.05, 0) is 12.2 Å². The lowest BCUT2D eigenvalue weighted by molar-refractivity contribution is -0.206. The summed E-state index contributed by atoms with van der Waals surface area (Å²) < 4.78 is 5.38. The average molecular weight is 260 g/mol. The summed E-state index contributed by atoms with van der Waals surface area (Å²) in [6, 6.07) is -0.526. The van der Waals surface area contributed by atoms with E-state index in [1.807, 2.05) is 0 Å². The van der Waals surface area contributed by atoms with Crippen molar-refractivity contribution in [1.29, 1.82) is 0 Å². The molecule has 0 aromatic rings. The smallest absolute Gasteiger partial charge is 0.258 e. The van der Waals surface area contributed by atoms with Crippen molar-refractivity contribution in [1.82, 2.24) is 4.90 Å². The van der Waals surface area contributed by atoms with Crippen LogP contribution in [0.3, 0.4) is 0 Å². The Kier molecular flexibility index (Phi) is 3.92. The predicted octanol–water partition coefficient (Wildman–Crippen LogP) is -1.13. The van der Waals surface area contributed by atoms with E-state index in [-0.39, 0.29) is 12.3 Å². The number of carbonyl (C=O) groups is 1. The fourth-order valence-corrected chi connectivity index (χ4v) is 2.48. The van der Waals surface area contributed by atoms with Gasteiger partial charge in [0.2, 0.25) is 0 Å². The highest BCUT2D eigenvalue weighted by Crippen LogP contribution is 2.38. The molecule has 3 atom stereocenters. The summed E-state index contributed by atoms with van der Waals surface area (Å²) in [5, 5.41) is 10.2. The number of fused-ring (bicyclic) bond motifs is 1. The Morgan fingerprint density at radius 3 is 3.00 bits per heavy atom. The molecule has 0 aromatic heterocycles. The first-order valence-electron chi connectivity index (χ1n) is 6.06. The molecule has 1 heterocycles. The second-order valence-electron chi connectivity index (χ2n) is 4.39. The van der Waals surface area contributed by atoms with Crippen LogP contribution in [-0.2, 0) is 9.53 Å². The minimum absolute atomic E-state index is 0.190. The first-order chi connectivity index (χ1) is 9.17. The van der Waals surface area contributed by atoms with Crippen LogP contribution in [0.1, 0.15) is 6.42 Å². The topological polar surface area (TPSA) is 75.8 Å². The quantitative estimate of drug-likeness (QED) is 0.497. The molecule has 1 aliphatic heterocycles. The van der Waals surface area contributed by atoms with Crippen molar-refractivity contribution in [2.75, 3.05) is 20.2 Å². The molecule has 100 valence electrons. The molecule has 3 N–H and O–H groups in total. The number of methoxy groups -OCH3 is 1. The number of nitrogens with zero attached hydrogens (tertiary/aromatic N) is 1. The maximum Gasteiger partial charge on any atom is 0.258 e. The van der Waals surface area contributed by atoms with Crippen LogP contribution >= 0.6 is 0 Å². The highest BCUT2D eigenvalue weighted by Gasteiger charge is 2.63. The highest BCUT2D eigenvalue weighted by molar-refractivity contribution is 5.94. The second kappa shape index (κ2) is 5.46. The fourth-order valence-electron chi connectivity index (χ4n) is 2.48. The van der Waals surface area contributed by atoms with Gasteiger partial charge in [-0.15, -0.1) is 0 Å². The number of hydrogen-bond acceptors (Lipinski definition) is 4. The largest absolute Gasteiger partial charge is 0.378 e. The van der Waals surface area contributed by atoms with Gasteiger partial charge in [-0.1, -0.05) is 23.7 Å². The molecule has 0 aromatic carbocycles. The van der Waals surface area contributed by atoms with Crippen LogP contribution in [-0.4, -0.2) is 53.9 Å². The van der Waals surface area contributed by atoms with Crippen LogP contribution in [0.15, 0.2) is 12.2 Å². The van der Waals surface area contributed by atoms with E-state index < -0.39 is 17.7 Å². The zero-order valence-corrected chi connectivity index (χ0v) is 10.7. The molecule has 1 fully saturated rings. The summed E-state index contributed by atoms with van der Waals surface area (Å²) in [4.78, 5) is 13.8. The van der Waals surface area contributed by atoms with Crippen LogP contribution in [0.4, 0.5) is 0 Å². The lowest BCUT2D eigenvalue weighted by Crippen LogP contribution is -2.78. The number of amides is 1. The van der Waals surface area contributed by atoms with E-state index in [9.17, 15) is 9.90 Å². The molecule has 0 saturated carbocycles. The van der Waals surface area contributed by atoms with Crippen LogP contribution in [0.25, 0.3) is 0 Å². The van der Waals surface area contributed by atoms with Gasteiger partial charge >= 0.3 is 0 Å². The number of aliphatic hydroxyl groups excluding tert-OH is 1. The van der Waals surface area contributed by atoms with E-state index in [1.165, 1.54) is 12.0 Å². The van der Waals surface area contributed by atoms with Crippen molar-refractivity contribution in [2.45, 2.75) is 24.2 Å². The van der Waals surface area contributed by atoms with Crippen LogP contribution in [0.2, 0.25) is 0 Å². The first-order valence-corrected chi connectivity index (χ1v) is 6.06. The third-order valence-corrected chi connectivity index (χ3v) is 3.40. The Labute approximate surface area is 112 Å². The van der Waals surface area contributed by atoms with Gasteiger partial charge in [0.05, 0.1) is 0 Å². The number of carbonyl (C=O) groups excluding carboxylic acids is 1. The third-order valence-electron chi connectivity index (χ3n) is 3.40. The second-order valence-corrected chi connectivity index (χ2v) is 4.39. The number of nitrogens with two attached hydrogens (primary N) is 1. The zero-order chi connectivity index (χ0) is 13.9. The van der Waals surface area contributed by atoms with Crippen molar-refractivity contribution in [3.63, 3.8) is 0 Å². The first kappa shape index (κ1) is 13.6. The van der Waals surface area contributed by atoms with Crippen molar-refractivity contribution in [3.05, 3.63) is 12.2 Å². The molecule has 2 rings (SSSR count). The van der Waals surface area contributed by atoms with E-state index in [4.69, 9.17) is 10.5 Å². The Morgan fingerprint density at radius 2 is 2.32 bits per heavy atom. The molecule has 2 aliphatic rings. The van der Waals surface area contributed by atoms with Gasteiger partial charge in [0.1, 0.15) is 12.1 Å². The maximum atomic E-state index is 12.2. The number of rotatable bonds is 3. The molecule has 0 radical (unpaired) electrons. The fraction of sp³-hybridized carbons (Fsp3) is 0.500. The lowest BCUT2D eigenvalue weighted by atomic mass is 9.76. The van der Waals surface area contributed by atoms with Gasteiger partial charge in [0, 0.05) is 26.6 Å². The minimum Gasteiger partial charge on any atom is -0.378 e. The summed E-state index contributed by atoms with van der Waals surface area (Å²) in [6.07, 6.45) is 2.42. The molecule has 1 amide bonds. The van der Waals surface area contributed by atoms with Gasteiger partial charge in [0.15, 0.2) is 5.60 Å². The van der Waals surface area contributed by atoms with E-state index >= 15 is 0 Å². The number of aliphatic hydroxyl groups is 1. The summed E-state index contributed by atoms with van der Waals surface area (Å²) in [5.74, 6) is 10.9. The number of β-lactam (4-membered cyclic amide) rings is 1. The molecule has 5 heteroatoms. The van der Waals surface area contributed by atoms with Crippen molar-refractivity contribution >= 4 is 5.91 Å². The molecule has 0 spiro atoms. The number of ether oxygens (including phenoxy) is 1. The summed E-state index contributed by atoms with van der Waals surface area (Å²) in [6.45, 7) is 0.699. The molecule has 0 bridgehead atoms. The van der Waals surface area contributed by atoms with Crippen LogP contribution < -0.4 is 5.73 Å². The zero-order valence-electron chi connectivity index (χ0n) is 10.7. The molecule has 5 nitrogen and oxygen atoms in total. The number of allylic oxidation sites excluding steroid dienone is 2. The molecular weight excluding hydrogens is 244 g/mol.